The molecule has 2 nitrogen and oxygen atoms in total. The number of hydrogen-bond acceptors (Lipinski definition) is 2. The molecule has 7 heteroatoms. The van der Waals surface area contributed by atoms with Gasteiger partial charge in [-0.05, 0) is 0 Å². The molecule has 0 heterocycles. The first-order valence-corrected chi connectivity index (χ1v) is 17.3. The standard InChI is InChI=1S/C39H31AsF4N2/c41-33-15-11-29(12-16-33)38-22-35(43)17-13-30(38)25-45-46(26-31-14-18-36(44)23-39(31)28-9-5-2-6-10-28)40-24-32-21-34(42)19-20-37(32)27-7-3-1-4-8-27/h1-23,40,45H,24-26H2. The third kappa shape index (κ3) is 7.83. The quantitative estimate of drug-likeness (QED) is 0.0835. The summed E-state index contributed by atoms with van der Waals surface area (Å²) >= 11 is -0.969. The zero-order valence-corrected chi connectivity index (χ0v) is 27.0. The summed E-state index contributed by atoms with van der Waals surface area (Å²) in [6.07, 6.45) is 0. The molecular weight excluding hydrogens is 647 g/mol. The summed E-state index contributed by atoms with van der Waals surface area (Å²) < 4.78 is 59.3. The first kappa shape index (κ1) is 31.5. The molecule has 0 radical (unpaired) electrons. The molecule has 230 valence electrons. The Balaban J connectivity index is 1.32. The summed E-state index contributed by atoms with van der Waals surface area (Å²) in [5.41, 5.74) is 11.3. The zero-order chi connectivity index (χ0) is 31.9. The molecule has 1 unspecified atom stereocenters. The van der Waals surface area contributed by atoms with Crippen molar-refractivity contribution in [3.63, 3.8) is 0 Å². The van der Waals surface area contributed by atoms with E-state index in [-0.39, 0.29) is 23.3 Å². The number of nitrogens with zero attached hydrogens (tertiary/aromatic N) is 1. The number of halogens is 4. The van der Waals surface area contributed by atoms with Crippen LogP contribution in [0.2, 0.25) is 0 Å². The maximum absolute atomic E-state index is 14.5. The van der Waals surface area contributed by atoms with Crippen LogP contribution in [0.5, 0.6) is 0 Å². The Labute approximate surface area is 273 Å². The van der Waals surface area contributed by atoms with Crippen LogP contribution >= 0.6 is 0 Å². The van der Waals surface area contributed by atoms with E-state index in [1.165, 1.54) is 36.4 Å². The van der Waals surface area contributed by atoms with Gasteiger partial charge in [0.2, 0.25) is 0 Å². The zero-order valence-electron chi connectivity index (χ0n) is 24.9. The topological polar surface area (TPSA) is 15.3 Å². The molecule has 6 aromatic rings. The summed E-state index contributed by atoms with van der Waals surface area (Å²) in [6.45, 7) is 0.834. The predicted octanol–water partition coefficient (Wildman–Crippen LogP) is 9.30. The average molecular weight is 679 g/mol. The van der Waals surface area contributed by atoms with Crippen molar-refractivity contribution in [3.8, 4) is 33.4 Å². The van der Waals surface area contributed by atoms with E-state index >= 15 is 0 Å². The SMILES string of the molecule is Fc1ccc(-c2cc(F)ccc2CNN(Cc2ccc(F)cc2-c2ccccc2)[AsH]Cc2cc(F)ccc2-c2ccccc2)cc1. The van der Waals surface area contributed by atoms with Crippen molar-refractivity contribution in [1.29, 1.82) is 0 Å². The van der Waals surface area contributed by atoms with Crippen molar-refractivity contribution in [2.45, 2.75) is 18.3 Å². The van der Waals surface area contributed by atoms with Gasteiger partial charge in [-0.3, -0.25) is 0 Å². The molecule has 1 N–H and O–H groups in total. The Morgan fingerprint density at radius 2 is 0.957 bits per heavy atom. The van der Waals surface area contributed by atoms with Crippen molar-refractivity contribution < 1.29 is 17.6 Å². The van der Waals surface area contributed by atoms with E-state index < -0.39 is 16.0 Å². The Morgan fingerprint density at radius 3 is 1.61 bits per heavy atom. The first-order chi connectivity index (χ1) is 22.4. The Bertz CT molecular complexity index is 1920. The van der Waals surface area contributed by atoms with Gasteiger partial charge in [-0.15, -0.1) is 0 Å². The second-order valence-electron chi connectivity index (χ2n) is 10.9. The van der Waals surface area contributed by atoms with Crippen LogP contribution in [-0.2, 0) is 18.3 Å². The van der Waals surface area contributed by atoms with Gasteiger partial charge >= 0.3 is 274 Å². The summed E-state index contributed by atoms with van der Waals surface area (Å²) in [7, 11) is 0. The van der Waals surface area contributed by atoms with Crippen molar-refractivity contribution in [2.75, 3.05) is 0 Å². The number of hydrazine groups is 1. The average Bonchev–Trinajstić information content (AvgIpc) is 3.08. The number of benzene rings is 6. The van der Waals surface area contributed by atoms with Gasteiger partial charge in [0.1, 0.15) is 0 Å². The van der Waals surface area contributed by atoms with Crippen LogP contribution < -0.4 is 5.43 Å². The number of rotatable bonds is 11. The molecule has 0 aliphatic carbocycles. The molecule has 6 rings (SSSR count). The Kier molecular flexibility index (Phi) is 10.1. The van der Waals surface area contributed by atoms with Gasteiger partial charge in [0.15, 0.2) is 0 Å². The minimum atomic E-state index is -0.969. The van der Waals surface area contributed by atoms with Crippen LogP contribution in [0.4, 0.5) is 17.6 Å². The van der Waals surface area contributed by atoms with Gasteiger partial charge in [0, 0.05) is 0 Å². The number of hydrogen-bond donors (Lipinski definition) is 1. The fourth-order valence-electron chi connectivity index (χ4n) is 5.48. The van der Waals surface area contributed by atoms with Crippen LogP contribution in [0.3, 0.4) is 0 Å². The van der Waals surface area contributed by atoms with E-state index in [0.717, 1.165) is 38.9 Å². The van der Waals surface area contributed by atoms with Crippen LogP contribution in [-0.4, -0.2) is 19.9 Å². The Morgan fingerprint density at radius 1 is 0.457 bits per heavy atom. The fourth-order valence-corrected chi connectivity index (χ4v) is 7.85. The molecule has 0 fully saturated rings. The molecule has 0 aliphatic rings. The molecule has 1 atom stereocenters. The van der Waals surface area contributed by atoms with Crippen molar-refractivity contribution in [2.24, 2.45) is 0 Å². The molecule has 0 saturated heterocycles. The van der Waals surface area contributed by atoms with Gasteiger partial charge in [0.05, 0.1) is 0 Å². The van der Waals surface area contributed by atoms with E-state index in [1.807, 2.05) is 66.7 Å². The monoisotopic (exact) mass is 678 g/mol. The Hall–Kier alpha value is -4.48. The first-order valence-electron chi connectivity index (χ1n) is 14.9. The molecule has 0 amide bonds. The van der Waals surface area contributed by atoms with Gasteiger partial charge in [-0.2, -0.15) is 0 Å². The second-order valence-corrected chi connectivity index (χ2v) is 13.4. The van der Waals surface area contributed by atoms with Crippen molar-refractivity contribution in [1.82, 2.24) is 9.35 Å². The normalized spacial score (nSPS) is 11.5. The predicted molar refractivity (Wildman–Crippen MR) is 179 cm³/mol. The molecule has 46 heavy (non-hydrogen) atoms. The molecule has 0 spiro atoms. The molecule has 0 bridgehead atoms. The van der Waals surface area contributed by atoms with Gasteiger partial charge in [-0.25, -0.2) is 0 Å². The second kappa shape index (κ2) is 14.7. The summed E-state index contributed by atoms with van der Waals surface area (Å²) in [5.74, 6) is -1.36. The third-order valence-electron chi connectivity index (χ3n) is 7.79. The molecule has 0 aliphatic heterocycles. The van der Waals surface area contributed by atoms with E-state index in [0.29, 0.717) is 29.4 Å². The van der Waals surface area contributed by atoms with Crippen LogP contribution in [0.25, 0.3) is 33.4 Å². The van der Waals surface area contributed by atoms with Crippen LogP contribution in [0, 0.1) is 23.3 Å². The van der Waals surface area contributed by atoms with Crippen LogP contribution in [0.15, 0.2) is 140 Å². The van der Waals surface area contributed by atoms with Crippen molar-refractivity contribution >= 4 is 16.0 Å². The third-order valence-corrected chi connectivity index (χ3v) is 10.4. The van der Waals surface area contributed by atoms with E-state index in [1.54, 1.807) is 36.4 Å². The number of nitrogens with one attached hydrogen (secondary N) is 1. The molecule has 0 saturated carbocycles. The molecule has 0 aromatic heterocycles. The molecular formula is C39H31AsF4N2. The van der Waals surface area contributed by atoms with Crippen LogP contribution in [0.1, 0.15) is 16.7 Å². The van der Waals surface area contributed by atoms with E-state index in [2.05, 4.69) is 9.35 Å². The van der Waals surface area contributed by atoms with E-state index in [9.17, 15) is 17.6 Å². The maximum atomic E-state index is 14.5. The summed E-state index contributed by atoms with van der Waals surface area (Å²) in [5, 5.41) is 0.644. The van der Waals surface area contributed by atoms with Gasteiger partial charge in [0.25, 0.3) is 0 Å². The van der Waals surface area contributed by atoms with Gasteiger partial charge < -0.3 is 0 Å². The molecule has 6 aromatic carbocycles. The van der Waals surface area contributed by atoms with Crippen molar-refractivity contribution in [3.05, 3.63) is 179 Å². The van der Waals surface area contributed by atoms with Gasteiger partial charge in [-0.1, -0.05) is 0 Å². The minimum absolute atomic E-state index is 0.291. The van der Waals surface area contributed by atoms with E-state index in [4.69, 9.17) is 0 Å². The summed E-state index contributed by atoms with van der Waals surface area (Å²) in [4.78, 5) is 0. The summed E-state index contributed by atoms with van der Waals surface area (Å²) in [6, 6.07) is 39.9. The fraction of sp³-hybridized carbons (Fsp3) is 0.0769.